The van der Waals surface area contributed by atoms with Crippen LogP contribution in [0, 0.1) is 11.3 Å². The van der Waals surface area contributed by atoms with Gasteiger partial charge < -0.3 is 15.5 Å². The van der Waals surface area contributed by atoms with Gasteiger partial charge in [-0.25, -0.2) is 4.98 Å². The number of carbonyl (C=O) groups excluding carboxylic acids is 1. The molecule has 0 spiro atoms. The number of nitrogens with zero attached hydrogens (tertiary/aromatic N) is 3. The van der Waals surface area contributed by atoms with Crippen LogP contribution in [0.4, 0.5) is 19.0 Å². The number of hydrogen-bond acceptors (Lipinski definition) is 5. The fraction of sp³-hybridized carbons (Fsp3) is 0.632. The molecular weight excluding hydrogens is 442 g/mol. The van der Waals surface area contributed by atoms with Crippen LogP contribution in [0.25, 0.3) is 0 Å². The standard InChI is InChI=1S/C19H24F3N5O.2ClH/c20-19(21,22)13-3-8-17(25-11-13)26-15-6-4-14(5-7-15)24-12-18(28)27-9-1-2-16(27)10-23;;/h3,8,11,14-16,24H,1-2,4-7,9,12H2,(H,25,26);2*1H/t14?,15?,16-;;/m0../s1. The number of nitrogens with one attached hydrogen (secondary N) is 2. The molecule has 2 aliphatic rings. The fourth-order valence-corrected chi connectivity index (χ4v) is 3.83. The van der Waals surface area contributed by atoms with Crippen molar-refractivity contribution in [2.75, 3.05) is 18.4 Å². The molecule has 1 aromatic rings. The van der Waals surface area contributed by atoms with Crippen molar-refractivity contribution in [2.24, 2.45) is 0 Å². The molecule has 2 heterocycles. The highest BCUT2D eigenvalue weighted by atomic mass is 35.5. The molecule has 6 nitrogen and oxygen atoms in total. The first kappa shape index (κ1) is 26.3. The molecule has 1 saturated heterocycles. The highest BCUT2D eigenvalue weighted by Gasteiger charge is 2.31. The minimum absolute atomic E-state index is 0. The van der Waals surface area contributed by atoms with Crippen LogP contribution >= 0.6 is 24.8 Å². The molecule has 1 aromatic heterocycles. The van der Waals surface area contributed by atoms with Gasteiger partial charge in [-0.05, 0) is 50.7 Å². The lowest BCUT2D eigenvalue weighted by atomic mass is 9.91. The molecular formula is C19H26Cl2F3N5O. The van der Waals surface area contributed by atoms with Gasteiger partial charge in [-0.2, -0.15) is 18.4 Å². The van der Waals surface area contributed by atoms with Crippen molar-refractivity contribution in [3.05, 3.63) is 23.9 Å². The number of pyridine rings is 1. The van der Waals surface area contributed by atoms with Crippen LogP contribution in [0.15, 0.2) is 18.3 Å². The number of amides is 1. The molecule has 1 amide bonds. The van der Waals surface area contributed by atoms with Gasteiger partial charge in [-0.1, -0.05) is 0 Å². The van der Waals surface area contributed by atoms with Crippen LogP contribution in [-0.4, -0.2) is 47.0 Å². The number of rotatable bonds is 5. The van der Waals surface area contributed by atoms with Gasteiger partial charge >= 0.3 is 6.18 Å². The van der Waals surface area contributed by atoms with E-state index in [1.165, 1.54) is 6.07 Å². The van der Waals surface area contributed by atoms with Crippen molar-refractivity contribution in [1.29, 1.82) is 5.26 Å². The molecule has 11 heteroatoms. The third kappa shape index (κ3) is 6.89. The number of alkyl halides is 3. The molecule has 1 saturated carbocycles. The van der Waals surface area contributed by atoms with Crippen molar-refractivity contribution in [2.45, 2.75) is 62.8 Å². The van der Waals surface area contributed by atoms with Crippen LogP contribution in [0.5, 0.6) is 0 Å². The molecule has 0 bridgehead atoms. The molecule has 0 aromatic carbocycles. The summed E-state index contributed by atoms with van der Waals surface area (Å²) < 4.78 is 37.7. The minimum atomic E-state index is -4.38. The van der Waals surface area contributed by atoms with Gasteiger partial charge in [0.15, 0.2) is 0 Å². The Labute approximate surface area is 186 Å². The van der Waals surface area contributed by atoms with E-state index < -0.39 is 11.7 Å². The maximum absolute atomic E-state index is 12.6. The molecule has 2 fully saturated rings. The zero-order chi connectivity index (χ0) is 20.1. The average Bonchev–Trinajstić information content (AvgIpc) is 3.16. The minimum Gasteiger partial charge on any atom is -0.367 e. The molecule has 1 aliphatic carbocycles. The van der Waals surface area contributed by atoms with E-state index >= 15 is 0 Å². The maximum atomic E-state index is 12.6. The van der Waals surface area contributed by atoms with Gasteiger partial charge in [0.1, 0.15) is 11.9 Å². The van der Waals surface area contributed by atoms with Gasteiger partial charge in [0.2, 0.25) is 5.91 Å². The monoisotopic (exact) mass is 467 g/mol. The summed E-state index contributed by atoms with van der Waals surface area (Å²) in [7, 11) is 0. The van der Waals surface area contributed by atoms with E-state index in [-0.39, 0.29) is 55.4 Å². The summed E-state index contributed by atoms with van der Waals surface area (Å²) in [6.07, 6.45) is 1.51. The SMILES string of the molecule is Cl.Cl.N#C[C@@H]1CCCN1C(=O)CNC1CCC(Nc2ccc(C(F)(F)F)cn2)CC1. The Morgan fingerprint density at radius 1 is 1.17 bits per heavy atom. The summed E-state index contributed by atoms with van der Waals surface area (Å²) >= 11 is 0. The Bertz CT molecular complexity index is 718. The Balaban J connectivity index is 0.00000225. The smallest absolute Gasteiger partial charge is 0.367 e. The quantitative estimate of drug-likeness (QED) is 0.688. The highest BCUT2D eigenvalue weighted by Crippen LogP contribution is 2.29. The Morgan fingerprint density at radius 3 is 2.40 bits per heavy atom. The van der Waals surface area contributed by atoms with Gasteiger partial charge in [-0.3, -0.25) is 4.79 Å². The first-order chi connectivity index (χ1) is 13.4. The molecule has 30 heavy (non-hydrogen) atoms. The third-order valence-corrected chi connectivity index (χ3v) is 5.43. The van der Waals surface area contributed by atoms with Gasteiger partial charge in [0.05, 0.1) is 18.2 Å². The van der Waals surface area contributed by atoms with E-state index in [0.29, 0.717) is 12.4 Å². The van der Waals surface area contributed by atoms with Crippen molar-refractivity contribution in [3.63, 3.8) is 0 Å². The number of halogens is 5. The van der Waals surface area contributed by atoms with Gasteiger partial charge in [0.25, 0.3) is 0 Å². The normalized spacial score (nSPS) is 23.7. The number of carbonyl (C=O) groups is 1. The lowest BCUT2D eigenvalue weighted by Gasteiger charge is -2.30. The number of likely N-dealkylation sites (tertiary alicyclic amines) is 1. The summed E-state index contributed by atoms with van der Waals surface area (Å²) in [6.45, 7) is 0.886. The highest BCUT2D eigenvalue weighted by molar-refractivity contribution is 5.85. The lowest BCUT2D eigenvalue weighted by Crippen LogP contribution is -2.45. The summed E-state index contributed by atoms with van der Waals surface area (Å²) in [4.78, 5) is 17.8. The number of anilines is 1. The van der Waals surface area contributed by atoms with E-state index in [2.05, 4.69) is 21.7 Å². The zero-order valence-electron chi connectivity index (χ0n) is 16.3. The summed E-state index contributed by atoms with van der Waals surface area (Å²) in [5.41, 5.74) is -0.757. The van der Waals surface area contributed by atoms with Crippen molar-refractivity contribution < 1.29 is 18.0 Å². The second kappa shape index (κ2) is 11.6. The van der Waals surface area contributed by atoms with Crippen molar-refractivity contribution in [1.82, 2.24) is 15.2 Å². The van der Waals surface area contributed by atoms with Crippen LogP contribution in [0.1, 0.15) is 44.1 Å². The molecule has 168 valence electrons. The van der Waals surface area contributed by atoms with Gasteiger partial charge in [0, 0.05) is 24.8 Å². The summed E-state index contributed by atoms with van der Waals surface area (Å²) in [6, 6.07) is 4.64. The molecule has 0 unspecified atom stereocenters. The van der Waals surface area contributed by atoms with E-state index in [1.807, 2.05) is 0 Å². The molecule has 1 atom stereocenters. The van der Waals surface area contributed by atoms with E-state index in [9.17, 15) is 18.0 Å². The Kier molecular flexibility index (Phi) is 10.1. The number of nitriles is 1. The van der Waals surface area contributed by atoms with Crippen LogP contribution in [-0.2, 0) is 11.0 Å². The van der Waals surface area contributed by atoms with Crippen molar-refractivity contribution >= 4 is 36.5 Å². The lowest BCUT2D eigenvalue weighted by molar-refractivity contribution is -0.137. The molecule has 1 aliphatic heterocycles. The van der Waals surface area contributed by atoms with Crippen molar-refractivity contribution in [3.8, 4) is 6.07 Å². The fourth-order valence-electron chi connectivity index (χ4n) is 3.83. The largest absolute Gasteiger partial charge is 0.417 e. The summed E-state index contributed by atoms with van der Waals surface area (Å²) in [5.74, 6) is 0.411. The molecule has 2 N–H and O–H groups in total. The molecule has 0 radical (unpaired) electrons. The van der Waals surface area contributed by atoms with Crippen LogP contribution < -0.4 is 10.6 Å². The maximum Gasteiger partial charge on any atom is 0.417 e. The van der Waals surface area contributed by atoms with Gasteiger partial charge in [-0.15, -0.1) is 24.8 Å². The number of aromatic nitrogens is 1. The van der Waals surface area contributed by atoms with E-state index in [1.54, 1.807) is 4.90 Å². The topological polar surface area (TPSA) is 81.0 Å². The average molecular weight is 468 g/mol. The second-order valence-corrected chi connectivity index (χ2v) is 7.38. The first-order valence-electron chi connectivity index (χ1n) is 9.59. The van der Waals surface area contributed by atoms with E-state index in [4.69, 9.17) is 5.26 Å². The zero-order valence-corrected chi connectivity index (χ0v) is 18.0. The van der Waals surface area contributed by atoms with Crippen LogP contribution in [0.3, 0.4) is 0 Å². The van der Waals surface area contributed by atoms with E-state index in [0.717, 1.165) is 50.8 Å². The second-order valence-electron chi connectivity index (χ2n) is 7.38. The van der Waals surface area contributed by atoms with Crippen LogP contribution in [0.2, 0.25) is 0 Å². The third-order valence-electron chi connectivity index (χ3n) is 5.43. The Hall–Kier alpha value is -1.76. The predicted octanol–water partition coefficient (Wildman–Crippen LogP) is 3.77. The Morgan fingerprint density at radius 2 is 1.83 bits per heavy atom. The molecule has 3 rings (SSSR count). The summed E-state index contributed by atoms with van der Waals surface area (Å²) in [5, 5.41) is 15.5. The predicted molar refractivity (Wildman–Crippen MR) is 112 cm³/mol. The first-order valence-corrected chi connectivity index (χ1v) is 9.59. The number of hydrogen-bond donors (Lipinski definition) is 2.